The molecule has 0 fully saturated rings. The van der Waals surface area contributed by atoms with Crippen molar-refractivity contribution in [1.82, 2.24) is 0 Å². The molecule has 0 aliphatic rings. The highest BCUT2D eigenvalue weighted by Gasteiger charge is 2.17. The van der Waals surface area contributed by atoms with Crippen LogP contribution in [0.25, 0.3) is 0 Å². The number of para-hydroxylation sites is 1. The second kappa shape index (κ2) is 6.53. The first-order valence-corrected chi connectivity index (χ1v) is 6.83. The third-order valence-corrected chi connectivity index (χ3v) is 3.28. The minimum atomic E-state index is -0.476. The van der Waals surface area contributed by atoms with Crippen LogP contribution in [0.1, 0.15) is 37.0 Å². The Morgan fingerprint density at radius 3 is 2.20 bits per heavy atom. The molecule has 20 heavy (non-hydrogen) atoms. The highest BCUT2D eigenvalue weighted by molar-refractivity contribution is 5.36. The number of halogens is 1. The maximum Gasteiger partial charge on any atom is 0.139 e. The molecule has 0 spiro atoms. The summed E-state index contributed by atoms with van der Waals surface area (Å²) < 4.78 is 19.8. The minimum absolute atomic E-state index is 0.230. The molecule has 0 saturated heterocycles. The highest BCUT2D eigenvalue weighted by Crippen LogP contribution is 2.30. The van der Waals surface area contributed by atoms with Crippen molar-refractivity contribution in [2.24, 2.45) is 5.73 Å². The van der Waals surface area contributed by atoms with E-state index in [0.717, 1.165) is 11.3 Å². The number of hydrogen-bond donors (Lipinski definition) is 1. The molecule has 0 aliphatic heterocycles. The molecule has 2 rings (SSSR count). The first-order chi connectivity index (χ1) is 9.63. The minimum Gasteiger partial charge on any atom is -0.484 e. The van der Waals surface area contributed by atoms with Crippen molar-refractivity contribution in [3.8, 4) is 5.75 Å². The Kier molecular flexibility index (Phi) is 4.74. The van der Waals surface area contributed by atoms with Gasteiger partial charge in [0.1, 0.15) is 17.7 Å². The van der Waals surface area contributed by atoms with Gasteiger partial charge in [0.15, 0.2) is 0 Å². The molecule has 1 unspecified atom stereocenters. The van der Waals surface area contributed by atoms with Gasteiger partial charge in [0.25, 0.3) is 0 Å². The average molecular weight is 273 g/mol. The Morgan fingerprint density at radius 2 is 1.60 bits per heavy atom. The van der Waals surface area contributed by atoms with E-state index in [1.807, 2.05) is 24.3 Å². The van der Waals surface area contributed by atoms with E-state index in [4.69, 9.17) is 10.5 Å². The molecular weight excluding hydrogens is 253 g/mol. The van der Waals surface area contributed by atoms with Gasteiger partial charge >= 0.3 is 0 Å². The van der Waals surface area contributed by atoms with Crippen LogP contribution in [0.2, 0.25) is 0 Å². The molecule has 3 heteroatoms. The molecule has 0 amide bonds. The summed E-state index contributed by atoms with van der Waals surface area (Å²) in [6.45, 7) is 4.43. The van der Waals surface area contributed by atoms with Crippen molar-refractivity contribution in [2.45, 2.75) is 25.9 Å². The van der Waals surface area contributed by atoms with Crippen LogP contribution in [0.4, 0.5) is 4.39 Å². The van der Waals surface area contributed by atoms with Crippen LogP contribution in [0.5, 0.6) is 5.75 Å². The van der Waals surface area contributed by atoms with Crippen molar-refractivity contribution in [3.63, 3.8) is 0 Å². The predicted octanol–water partition coefficient (Wildman–Crippen LogP) is 4.03. The Hall–Kier alpha value is -1.87. The maximum atomic E-state index is 13.9. The van der Waals surface area contributed by atoms with Gasteiger partial charge in [-0.25, -0.2) is 4.39 Å². The summed E-state index contributed by atoms with van der Waals surface area (Å²) in [5.41, 5.74) is 7.35. The van der Waals surface area contributed by atoms with Crippen molar-refractivity contribution in [3.05, 3.63) is 65.5 Å². The molecule has 0 aromatic heterocycles. The van der Waals surface area contributed by atoms with E-state index >= 15 is 0 Å². The lowest BCUT2D eigenvalue weighted by molar-refractivity contribution is 0.206. The summed E-state index contributed by atoms with van der Waals surface area (Å²) in [7, 11) is 0. The average Bonchev–Trinajstić information content (AvgIpc) is 2.46. The van der Waals surface area contributed by atoms with Gasteiger partial charge in [-0.05, 0) is 23.6 Å². The summed E-state index contributed by atoms with van der Waals surface area (Å²) in [5.74, 6) is 0.816. The molecule has 2 nitrogen and oxygen atoms in total. The quantitative estimate of drug-likeness (QED) is 0.892. The Morgan fingerprint density at radius 1 is 1.00 bits per heavy atom. The lowest BCUT2D eigenvalue weighted by Gasteiger charge is -2.21. The zero-order valence-corrected chi connectivity index (χ0v) is 11.8. The fraction of sp³-hybridized carbons (Fsp3) is 0.294. The van der Waals surface area contributed by atoms with Gasteiger partial charge in [-0.1, -0.05) is 50.2 Å². The van der Waals surface area contributed by atoms with E-state index < -0.39 is 6.10 Å². The van der Waals surface area contributed by atoms with Gasteiger partial charge in [-0.2, -0.15) is 0 Å². The van der Waals surface area contributed by atoms with Crippen LogP contribution in [0, 0.1) is 5.82 Å². The lowest BCUT2D eigenvalue weighted by Crippen LogP contribution is -2.20. The van der Waals surface area contributed by atoms with E-state index in [0.29, 0.717) is 11.5 Å². The van der Waals surface area contributed by atoms with Crippen LogP contribution in [0.15, 0.2) is 48.5 Å². The van der Waals surface area contributed by atoms with Gasteiger partial charge in [0, 0.05) is 12.1 Å². The number of benzene rings is 2. The molecule has 0 bridgehead atoms. The van der Waals surface area contributed by atoms with Crippen molar-refractivity contribution >= 4 is 0 Å². The fourth-order valence-electron chi connectivity index (χ4n) is 2.19. The standard InChI is InChI=1S/C17H20FNO/c1-12(2)13-7-4-6-10-16(13)20-17(11-19)14-8-3-5-9-15(14)18/h3-10,12,17H,11,19H2,1-2H3. The van der Waals surface area contributed by atoms with E-state index in [9.17, 15) is 4.39 Å². The van der Waals surface area contributed by atoms with Gasteiger partial charge in [-0.3, -0.25) is 0 Å². The molecule has 2 N–H and O–H groups in total. The molecule has 2 aromatic carbocycles. The normalized spacial score (nSPS) is 12.4. The van der Waals surface area contributed by atoms with Crippen LogP contribution in [0.3, 0.4) is 0 Å². The highest BCUT2D eigenvalue weighted by atomic mass is 19.1. The van der Waals surface area contributed by atoms with Crippen molar-refractivity contribution in [2.75, 3.05) is 6.54 Å². The van der Waals surface area contributed by atoms with Crippen LogP contribution >= 0.6 is 0 Å². The van der Waals surface area contributed by atoms with Crippen molar-refractivity contribution in [1.29, 1.82) is 0 Å². The number of nitrogens with two attached hydrogens (primary N) is 1. The van der Waals surface area contributed by atoms with Gasteiger partial charge < -0.3 is 10.5 Å². The fourth-order valence-corrected chi connectivity index (χ4v) is 2.19. The summed E-state index contributed by atoms with van der Waals surface area (Å²) in [6, 6.07) is 14.4. The SMILES string of the molecule is CC(C)c1ccccc1OC(CN)c1ccccc1F. The topological polar surface area (TPSA) is 35.2 Å². The zero-order valence-electron chi connectivity index (χ0n) is 11.8. The Bertz CT molecular complexity index is 568. The largest absolute Gasteiger partial charge is 0.484 e. The molecule has 1 atom stereocenters. The number of hydrogen-bond acceptors (Lipinski definition) is 2. The number of ether oxygens (including phenoxy) is 1. The van der Waals surface area contributed by atoms with Gasteiger partial charge in [0.05, 0.1) is 0 Å². The van der Waals surface area contributed by atoms with E-state index in [2.05, 4.69) is 13.8 Å². The molecule has 106 valence electrons. The summed E-state index contributed by atoms with van der Waals surface area (Å²) >= 11 is 0. The molecule has 2 aromatic rings. The maximum absolute atomic E-state index is 13.9. The van der Waals surface area contributed by atoms with E-state index in [1.54, 1.807) is 18.2 Å². The Balaban J connectivity index is 2.30. The molecule has 0 saturated carbocycles. The van der Waals surface area contributed by atoms with E-state index in [1.165, 1.54) is 6.07 Å². The second-order valence-electron chi connectivity index (χ2n) is 5.06. The molecule has 0 radical (unpaired) electrons. The molecule has 0 aliphatic carbocycles. The van der Waals surface area contributed by atoms with Crippen LogP contribution in [-0.2, 0) is 0 Å². The zero-order chi connectivity index (χ0) is 14.5. The summed E-state index contributed by atoms with van der Waals surface area (Å²) in [5, 5.41) is 0. The van der Waals surface area contributed by atoms with Crippen LogP contribution < -0.4 is 10.5 Å². The lowest BCUT2D eigenvalue weighted by atomic mass is 10.0. The van der Waals surface area contributed by atoms with Crippen LogP contribution in [-0.4, -0.2) is 6.54 Å². The Labute approximate surface area is 119 Å². The molecule has 0 heterocycles. The number of rotatable bonds is 5. The van der Waals surface area contributed by atoms with Gasteiger partial charge in [-0.15, -0.1) is 0 Å². The third kappa shape index (κ3) is 3.17. The molecular formula is C17H20FNO. The predicted molar refractivity (Wildman–Crippen MR) is 79.4 cm³/mol. The first kappa shape index (κ1) is 14.5. The second-order valence-corrected chi connectivity index (χ2v) is 5.06. The van der Waals surface area contributed by atoms with E-state index in [-0.39, 0.29) is 12.4 Å². The smallest absolute Gasteiger partial charge is 0.139 e. The monoisotopic (exact) mass is 273 g/mol. The van der Waals surface area contributed by atoms with Gasteiger partial charge in [0.2, 0.25) is 0 Å². The third-order valence-electron chi connectivity index (χ3n) is 3.28. The summed E-state index contributed by atoms with van der Waals surface area (Å²) in [4.78, 5) is 0. The summed E-state index contributed by atoms with van der Waals surface area (Å²) in [6.07, 6.45) is -0.476. The first-order valence-electron chi connectivity index (χ1n) is 6.83. The van der Waals surface area contributed by atoms with Crippen molar-refractivity contribution < 1.29 is 9.13 Å².